The number of amides is 1. The highest BCUT2D eigenvalue weighted by molar-refractivity contribution is 5.92. The molecule has 0 bridgehead atoms. The molecule has 1 atom stereocenters. The van der Waals surface area contributed by atoms with Gasteiger partial charge in [-0.05, 0) is 61.7 Å². The predicted molar refractivity (Wildman–Crippen MR) is 87.3 cm³/mol. The number of carbonyl (C=O) groups is 1. The van der Waals surface area contributed by atoms with Crippen LogP contribution in [-0.4, -0.2) is 12.5 Å². The van der Waals surface area contributed by atoms with Crippen LogP contribution in [0, 0.1) is 25.5 Å². The topological polar surface area (TPSA) is 41.1 Å². The third kappa shape index (κ3) is 4.60. The first-order valence-electron chi connectivity index (χ1n) is 7.42. The van der Waals surface area contributed by atoms with E-state index in [-0.39, 0.29) is 18.5 Å². The van der Waals surface area contributed by atoms with Gasteiger partial charge >= 0.3 is 0 Å². The van der Waals surface area contributed by atoms with Gasteiger partial charge in [0.2, 0.25) is 5.91 Å². The molecule has 0 saturated heterocycles. The second-order valence-corrected chi connectivity index (χ2v) is 5.62. The van der Waals surface area contributed by atoms with Crippen molar-refractivity contribution in [3.63, 3.8) is 0 Å². The molecule has 122 valence electrons. The average molecular weight is 318 g/mol. The Balaban J connectivity index is 1.90. The van der Waals surface area contributed by atoms with Crippen LogP contribution in [0.2, 0.25) is 0 Å². The monoisotopic (exact) mass is 318 g/mol. The van der Waals surface area contributed by atoms with E-state index >= 15 is 0 Å². The third-order valence-corrected chi connectivity index (χ3v) is 3.80. The molecule has 0 unspecified atom stereocenters. The molecule has 0 spiro atoms. The fraction of sp³-hybridized carbons (Fsp3) is 0.278. The molecule has 0 heterocycles. The van der Waals surface area contributed by atoms with Crippen LogP contribution in [0.3, 0.4) is 0 Å². The van der Waals surface area contributed by atoms with Crippen LogP contribution in [-0.2, 0) is 4.79 Å². The number of carbonyl (C=O) groups excluding carboxylic acids is 1. The highest BCUT2D eigenvalue weighted by Gasteiger charge is 2.11. The molecule has 0 aliphatic heterocycles. The summed E-state index contributed by atoms with van der Waals surface area (Å²) in [4.78, 5) is 12.0. The molecule has 0 fully saturated rings. The smallest absolute Gasteiger partial charge is 0.238 e. The maximum atomic E-state index is 13.2. The lowest BCUT2D eigenvalue weighted by molar-refractivity contribution is -0.115. The Hall–Kier alpha value is -2.27. The van der Waals surface area contributed by atoms with Gasteiger partial charge in [0.1, 0.15) is 0 Å². The van der Waals surface area contributed by atoms with Crippen LogP contribution in [0.4, 0.5) is 14.5 Å². The van der Waals surface area contributed by atoms with Gasteiger partial charge in [-0.3, -0.25) is 4.79 Å². The molecule has 23 heavy (non-hydrogen) atoms. The van der Waals surface area contributed by atoms with Crippen molar-refractivity contribution < 1.29 is 13.6 Å². The van der Waals surface area contributed by atoms with Crippen LogP contribution in [0.25, 0.3) is 0 Å². The highest BCUT2D eigenvalue weighted by atomic mass is 19.2. The van der Waals surface area contributed by atoms with Crippen molar-refractivity contribution in [1.29, 1.82) is 0 Å². The lowest BCUT2D eigenvalue weighted by Crippen LogP contribution is -2.30. The number of hydrogen-bond donors (Lipinski definition) is 2. The van der Waals surface area contributed by atoms with E-state index in [9.17, 15) is 13.6 Å². The maximum absolute atomic E-state index is 13.2. The van der Waals surface area contributed by atoms with Gasteiger partial charge in [-0.15, -0.1) is 0 Å². The number of rotatable bonds is 5. The van der Waals surface area contributed by atoms with E-state index in [0.717, 1.165) is 28.9 Å². The second-order valence-electron chi connectivity index (χ2n) is 5.62. The lowest BCUT2D eigenvalue weighted by atomic mass is 10.1. The zero-order valence-electron chi connectivity index (χ0n) is 13.4. The van der Waals surface area contributed by atoms with E-state index < -0.39 is 11.6 Å². The number of anilines is 1. The summed E-state index contributed by atoms with van der Waals surface area (Å²) in [6, 6.07) is 9.15. The maximum Gasteiger partial charge on any atom is 0.238 e. The first-order chi connectivity index (χ1) is 10.9. The molecular formula is C18H20F2N2O. The van der Waals surface area contributed by atoms with E-state index in [0.29, 0.717) is 5.56 Å². The number of hydrogen-bond acceptors (Lipinski definition) is 2. The Morgan fingerprint density at radius 3 is 2.43 bits per heavy atom. The first-order valence-corrected chi connectivity index (χ1v) is 7.42. The zero-order valence-corrected chi connectivity index (χ0v) is 13.4. The van der Waals surface area contributed by atoms with Crippen molar-refractivity contribution in [1.82, 2.24) is 5.32 Å². The van der Waals surface area contributed by atoms with Crippen molar-refractivity contribution in [3.8, 4) is 0 Å². The van der Waals surface area contributed by atoms with Gasteiger partial charge in [-0.1, -0.05) is 12.1 Å². The van der Waals surface area contributed by atoms with Crippen LogP contribution in [0.15, 0.2) is 36.4 Å². The molecule has 2 aromatic rings. The molecule has 3 nitrogen and oxygen atoms in total. The average Bonchev–Trinajstić information content (AvgIpc) is 2.51. The van der Waals surface area contributed by atoms with Crippen LogP contribution >= 0.6 is 0 Å². The molecule has 2 rings (SSSR count). The molecule has 2 aromatic carbocycles. The first kappa shape index (κ1) is 17.1. The van der Waals surface area contributed by atoms with Crippen molar-refractivity contribution in [2.24, 2.45) is 0 Å². The zero-order chi connectivity index (χ0) is 17.0. The number of benzene rings is 2. The van der Waals surface area contributed by atoms with E-state index in [4.69, 9.17) is 0 Å². The van der Waals surface area contributed by atoms with Gasteiger partial charge in [0, 0.05) is 11.7 Å². The lowest BCUT2D eigenvalue weighted by Gasteiger charge is -2.15. The number of aryl methyl sites for hydroxylation is 2. The second kappa shape index (κ2) is 7.33. The summed E-state index contributed by atoms with van der Waals surface area (Å²) in [5.41, 5.74) is 3.59. The number of halogens is 2. The van der Waals surface area contributed by atoms with Crippen molar-refractivity contribution >= 4 is 11.6 Å². The fourth-order valence-corrected chi connectivity index (χ4v) is 2.17. The van der Waals surface area contributed by atoms with Gasteiger partial charge in [-0.25, -0.2) is 8.78 Å². The van der Waals surface area contributed by atoms with Gasteiger partial charge < -0.3 is 10.6 Å². The van der Waals surface area contributed by atoms with Crippen LogP contribution in [0.5, 0.6) is 0 Å². The summed E-state index contributed by atoms with van der Waals surface area (Å²) in [6.07, 6.45) is 0. The molecular weight excluding hydrogens is 298 g/mol. The van der Waals surface area contributed by atoms with Gasteiger partial charge in [-0.2, -0.15) is 0 Å². The molecule has 0 saturated carbocycles. The van der Waals surface area contributed by atoms with E-state index in [1.54, 1.807) is 6.92 Å². The molecule has 0 aromatic heterocycles. The minimum Gasteiger partial charge on any atom is -0.325 e. The normalized spacial score (nSPS) is 12.0. The summed E-state index contributed by atoms with van der Waals surface area (Å²) in [7, 11) is 0. The Bertz CT molecular complexity index is 716. The quantitative estimate of drug-likeness (QED) is 0.878. The predicted octanol–water partition coefficient (Wildman–Crippen LogP) is 3.87. The van der Waals surface area contributed by atoms with Gasteiger partial charge in [0.25, 0.3) is 0 Å². The van der Waals surface area contributed by atoms with Crippen LogP contribution in [0.1, 0.15) is 29.7 Å². The van der Waals surface area contributed by atoms with Crippen molar-refractivity contribution in [2.75, 3.05) is 11.9 Å². The molecule has 5 heteroatoms. The summed E-state index contributed by atoms with van der Waals surface area (Å²) < 4.78 is 26.1. The van der Waals surface area contributed by atoms with Crippen molar-refractivity contribution in [2.45, 2.75) is 26.8 Å². The largest absolute Gasteiger partial charge is 0.325 e. The van der Waals surface area contributed by atoms with E-state index in [1.165, 1.54) is 6.07 Å². The number of nitrogens with one attached hydrogen (secondary N) is 2. The summed E-state index contributed by atoms with van der Waals surface area (Å²) in [5, 5.41) is 5.79. The van der Waals surface area contributed by atoms with Crippen molar-refractivity contribution in [3.05, 3.63) is 64.7 Å². The Labute approximate surface area is 134 Å². The van der Waals surface area contributed by atoms with Gasteiger partial charge in [0.05, 0.1) is 6.54 Å². The van der Waals surface area contributed by atoms with Crippen LogP contribution < -0.4 is 10.6 Å². The summed E-state index contributed by atoms with van der Waals surface area (Å²) in [6.45, 7) is 5.85. The molecule has 0 radical (unpaired) electrons. The fourth-order valence-electron chi connectivity index (χ4n) is 2.17. The summed E-state index contributed by atoms with van der Waals surface area (Å²) >= 11 is 0. The third-order valence-electron chi connectivity index (χ3n) is 3.80. The minimum absolute atomic E-state index is 0.0765. The minimum atomic E-state index is -0.893. The molecule has 0 aliphatic rings. The Morgan fingerprint density at radius 2 is 1.78 bits per heavy atom. The van der Waals surface area contributed by atoms with E-state index in [1.807, 2.05) is 32.0 Å². The molecule has 0 aliphatic carbocycles. The molecule has 1 amide bonds. The summed E-state index contributed by atoms with van der Waals surface area (Å²) in [5.74, 6) is -1.97. The van der Waals surface area contributed by atoms with E-state index in [2.05, 4.69) is 10.6 Å². The molecule has 2 N–H and O–H groups in total. The highest BCUT2D eigenvalue weighted by Crippen LogP contribution is 2.16. The Morgan fingerprint density at radius 1 is 1.04 bits per heavy atom. The Kier molecular flexibility index (Phi) is 5.45. The SMILES string of the molecule is Cc1ccc(NC(=O)CN[C@H](C)c2ccc(F)c(F)c2)cc1C. The standard InChI is InChI=1S/C18H20F2N2O/c1-11-4-6-15(8-12(11)2)22-18(23)10-21-13(3)14-5-7-16(19)17(20)9-14/h4-9,13,21H,10H2,1-3H3,(H,22,23)/t13-/m1/s1. The van der Waals surface area contributed by atoms with Gasteiger partial charge in [0.15, 0.2) is 11.6 Å².